The highest BCUT2D eigenvalue weighted by Gasteiger charge is 2.57. The van der Waals surface area contributed by atoms with Crippen LogP contribution < -0.4 is 14.2 Å². The van der Waals surface area contributed by atoms with E-state index in [2.05, 4.69) is 0 Å². The van der Waals surface area contributed by atoms with Gasteiger partial charge >= 0.3 is 5.97 Å². The Morgan fingerprint density at radius 2 is 1.93 bits per heavy atom. The lowest BCUT2D eigenvalue weighted by Gasteiger charge is -2.35. The number of likely N-dealkylation sites (tertiary alicyclic amines) is 1. The summed E-state index contributed by atoms with van der Waals surface area (Å²) in [4.78, 5) is 27.1. The molecule has 0 spiro atoms. The van der Waals surface area contributed by atoms with Gasteiger partial charge in [0.25, 0.3) is 5.91 Å². The Balaban J connectivity index is 1.73. The minimum absolute atomic E-state index is 0.0308. The lowest BCUT2D eigenvalue weighted by molar-refractivity contribution is -0.151. The van der Waals surface area contributed by atoms with Crippen LogP contribution in [0.5, 0.6) is 17.2 Å². The third-order valence-electron chi connectivity index (χ3n) is 5.67. The van der Waals surface area contributed by atoms with Crippen molar-refractivity contribution in [3.63, 3.8) is 0 Å². The maximum absolute atomic E-state index is 13.3. The van der Waals surface area contributed by atoms with Crippen LogP contribution in [0.25, 0.3) is 0 Å². The van der Waals surface area contributed by atoms with E-state index in [9.17, 15) is 14.7 Å². The molecule has 2 atom stereocenters. The lowest BCUT2D eigenvalue weighted by Crippen LogP contribution is -2.46. The fourth-order valence-electron chi connectivity index (χ4n) is 4.22. The monoisotopic (exact) mass is 383 g/mol. The molecule has 28 heavy (non-hydrogen) atoms. The molecule has 7 heteroatoms. The third kappa shape index (κ3) is 2.58. The molecule has 4 rings (SSSR count). The number of methoxy groups -OCH3 is 2. The van der Waals surface area contributed by atoms with Gasteiger partial charge in [-0.05, 0) is 18.2 Å². The Morgan fingerprint density at radius 1 is 1.14 bits per heavy atom. The molecule has 0 aliphatic carbocycles. The van der Waals surface area contributed by atoms with Crippen LogP contribution in [-0.2, 0) is 4.79 Å². The molecular formula is C21H21NO6. The minimum Gasteiger partial charge on any atom is -0.493 e. The van der Waals surface area contributed by atoms with Crippen LogP contribution in [-0.4, -0.2) is 55.8 Å². The van der Waals surface area contributed by atoms with Gasteiger partial charge in [-0.25, -0.2) is 0 Å². The molecule has 2 heterocycles. The van der Waals surface area contributed by atoms with Gasteiger partial charge in [-0.2, -0.15) is 0 Å². The summed E-state index contributed by atoms with van der Waals surface area (Å²) in [5.74, 6) is -0.117. The van der Waals surface area contributed by atoms with Crippen LogP contribution in [0.15, 0.2) is 42.5 Å². The molecule has 1 unspecified atom stereocenters. The SMILES string of the molecule is COc1cccc(C(=O)N2CC3c4ccccc4OC[C@]3(C(=O)O)C2)c1OC. The van der Waals surface area contributed by atoms with E-state index in [-0.39, 0.29) is 25.0 Å². The maximum Gasteiger partial charge on any atom is 0.315 e. The second-order valence-corrected chi connectivity index (χ2v) is 7.07. The van der Waals surface area contributed by atoms with Crippen molar-refractivity contribution < 1.29 is 28.9 Å². The number of ether oxygens (including phenoxy) is 3. The van der Waals surface area contributed by atoms with E-state index in [1.165, 1.54) is 14.2 Å². The summed E-state index contributed by atoms with van der Waals surface area (Å²) >= 11 is 0. The first-order chi connectivity index (χ1) is 13.5. The second-order valence-electron chi connectivity index (χ2n) is 7.07. The van der Waals surface area contributed by atoms with Gasteiger partial charge in [0.1, 0.15) is 17.8 Å². The Labute approximate surface area is 162 Å². The van der Waals surface area contributed by atoms with Crippen molar-refractivity contribution >= 4 is 11.9 Å². The molecule has 1 N–H and O–H groups in total. The number of hydrogen-bond acceptors (Lipinski definition) is 5. The largest absolute Gasteiger partial charge is 0.493 e. The molecule has 1 fully saturated rings. The van der Waals surface area contributed by atoms with Crippen LogP contribution in [0.1, 0.15) is 21.8 Å². The van der Waals surface area contributed by atoms with E-state index in [1.54, 1.807) is 23.1 Å². The number of fused-ring (bicyclic) bond motifs is 3. The normalized spacial score (nSPS) is 22.6. The summed E-state index contributed by atoms with van der Waals surface area (Å²) in [6.45, 7) is 0.398. The van der Waals surface area contributed by atoms with Gasteiger partial charge in [0.2, 0.25) is 0 Å². The van der Waals surface area contributed by atoms with Crippen molar-refractivity contribution in [3.05, 3.63) is 53.6 Å². The Kier molecular flexibility index (Phi) is 4.37. The van der Waals surface area contributed by atoms with E-state index in [0.29, 0.717) is 29.4 Å². The first-order valence-electron chi connectivity index (χ1n) is 8.97. The van der Waals surface area contributed by atoms with Crippen LogP contribution >= 0.6 is 0 Å². The lowest BCUT2D eigenvalue weighted by atomic mass is 9.73. The van der Waals surface area contributed by atoms with Gasteiger partial charge in [-0.15, -0.1) is 0 Å². The standard InChI is InChI=1S/C21H21NO6/c1-26-17-9-5-7-14(18(17)27-2)19(23)22-10-15-13-6-3-4-8-16(13)28-12-21(15,11-22)20(24)25/h3-9,15H,10-12H2,1-2H3,(H,24,25)/t15?,21-/m1/s1. The highest BCUT2D eigenvalue weighted by atomic mass is 16.5. The molecule has 0 saturated carbocycles. The molecule has 0 bridgehead atoms. The zero-order valence-electron chi connectivity index (χ0n) is 15.7. The summed E-state index contributed by atoms with van der Waals surface area (Å²) in [7, 11) is 2.98. The number of rotatable bonds is 4. The number of amides is 1. The highest BCUT2D eigenvalue weighted by molar-refractivity contribution is 5.98. The van der Waals surface area contributed by atoms with Crippen LogP contribution in [0.3, 0.4) is 0 Å². The van der Waals surface area contributed by atoms with Gasteiger partial charge in [0, 0.05) is 24.6 Å². The number of carboxylic acids is 1. The molecule has 2 aromatic carbocycles. The predicted octanol–water partition coefficient (Wildman–Crippen LogP) is 2.41. The topological polar surface area (TPSA) is 85.3 Å². The summed E-state index contributed by atoms with van der Waals surface area (Å²) in [5, 5.41) is 10.0. The average molecular weight is 383 g/mol. The average Bonchev–Trinajstić information content (AvgIpc) is 3.14. The van der Waals surface area contributed by atoms with Crippen LogP contribution in [0.2, 0.25) is 0 Å². The molecular weight excluding hydrogens is 362 g/mol. The summed E-state index contributed by atoms with van der Waals surface area (Å²) in [5.41, 5.74) is -0.00451. The van der Waals surface area contributed by atoms with Crippen LogP contribution in [0, 0.1) is 5.41 Å². The van der Waals surface area contributed by atoms with Crippen molar-refractivity contribution in [2.24, 2.45) is 5.41 Å². The van der Waals surface area contributed by atoms with Crippen molar-refractivity contribution in [1.29, 1.82) is 0 Å². The first-order valence-corrected chi connectivity index (χ1v) is 8.97. The number of para-hydroxylation sites is 2. The second kappa shape index (κ2) is 6.74. The molecule has 2 aliphatic heterocycles. The molecule has 1 saturated heterocycles. The number of carboxylic acid groups (broad SMARTS) is 1. The number of benzene rings is 2. The Bertz CT molecular complexity index is 942. The molecule has 146 valence electrons. The number of carbonyl (C=O) groups is 2. The smallest absolute Gasteiger partial charge is 0.315 e. The molecule has 7 nitrogen and oxygen atoms in total. The zero-order valence-corrected chi connectivity index (χ0v) is 15.7. The van der Waals surface area contributed by atoms with Gasteiger partial charge in [0.15, 0.2) is 11.5 Å². The quantitative estimate of drug-likeness (QED) is 0.873. The minimum atomic E-state index is -1.17. The molecule has 2 aromatic rings. The summed E-state index contributed by atoms with van der Waals surface area (Å²) in [6, 6.07) is 12.5. The first kappa shape index (κ1) is 18.2. The third-order valence-corrected chi connectivity index (χ3v) is 5.67. The number of carbonyl (C=O) groups excluding carboxylic acids is 1. The summed E-state index contributed by atoms with van der Waals surface area (Å²) in [6.07, 6.45) is 0. The van der Waals surface area contributed by atoms with Gasteiger partial charge < -0.3 is 24.2 Å². The Morgan fingerprint density at radius 3 is 2.64 bits per heavy atom. The fraction of sp³-hybridized carbons (Fsp3) is 0.333. The molecule has 0 radical (unpaired) electrons. The highest BCUT2D eigenvalue weighted by Crippen LogP contribution is 2.50. The van der Waals surface area contributed by atoms with Crippen molar-refractivity contribution in [3.8, 4) is 17.2 Å². The van der Waals surface area contributed by atoms with E-state index in [0.717, 1.165) is 5.56 Å². The fourth-order valence-corrected chi connectivity index (χ4v) is 4.22. The van der Waals surface area contributed by atoms with E-state index in [1.807, 2.05) is 24.3 Å². The van der Waals surface area contributed by atoms with E-state index in [4.69, 9.17) is 14.2 Å². The van der Waals surface area contributed by atoms with E-state index >= 15 is 0 Å². The molecule has 2 aliphatic rings. The number of nitrogens with zero attached hydrogens (tertiary/aromatic N) is 1. The van der Waals surface area contributed by atoms with Gasteiger partial charge in [0.05, 0.1) is 19.8 Å². The number of hydrogen-bond donors (Lipinski definition) is 1. The van der Waals surface area contributed by atoms with Crippen molar-refractivity contribution in [1.82, 2.24) is 4.90 Å². The number of aliphatic carboxylic acids is 1. The summed E-state index contributed by atoms with van der Waals surface area (Å²) < 4.78 is 16.4. The Hall–Kier alpha value is -3.22. The van der Waals surface area contributed by atoms with Crippen molar-refractivity contribution in [2.75, 3.05) is 33.9 Å². The molecule has 1 amide bonds. The molecule has 0 aromatic heterocycles. The van der Waals surface area contributed by atoms with Crippen molar-refractivity contribution in [2.45, 2.75) is 5.92 Å². The van der Waals surface area contributed by atoms with Gasteiger partial charge in [-0.1, -0.05) is 24.3 Å². The maximum atomic E-state index is 13.3. The predicted molar refractivity (Wildman–Crippen MR) is 100 cm³/mol. The van der Waals surface area contributed by atoms with Gasteiger partial charge in [-0.3, -0.25) is 9.59 Å². The van der Waals surface area contributed by atoms with Crippen LogP contribution in [0.4, 0.5) is 0 Å². The van der Waals surface area contributed by atoms with E-state index < -0.39 is 11.4 Å². The zero-order chi connectivity index (χ0) is 19.9.